The minimum absolute atomic E-state index is 0.0811. The van der Waals surface area contributed by atoms with Crippen LogP contribution in [0.25, 0.3) is 11.0 Å². The molecular weight excluding hydrogens is 238 g/mol. The zero-order chi connectivity index (χ0) is 13.2. The molecule has 3 nitrogen and oxygen atoms in total. The zero-order valence-corrected chi connectivity index (χ0v) is 10.6. The van der Waals surface area contributed by atoms with Crippen LogP contribution in [0.1, 0.15) is 28.7 Å². The molecule has 94 valence electrons. The summed E-state index contributed by atoms with van der Waals surface area (Å²) >= 11 is 0. The van der Waals surface area contributed by atoms with Gasteiger partial charge in [-0.05, 0) is 18.2 Å². The molecule has 0 unspecified atom stereocenters. The molecule has 0 spiro atoms. The SMILES string of the molecule is CCc1oc2ccccc2c1C(=O)c1ccccn1. The molecule has 2 heterocycles. The van der Waals surface area contributed by atoms with Gasteiger partial charge in [0.1, 0.15) is 17.0 Å². The summed E-state index contributed by atoms with van der Waals surface area (Å²) in [6.45, 7) is 1.98. The lowest BCUT2D eigenvalue weighted by Crippen LogP contribution is -2.05. The first-order valence-electron chi connectivity index (χ1n) is 6.27. The Labute approximate surface area is 110 Å². The van der Waals surface area contributed by atoms with Crippen molar-refractivity contribution in [1.82, 2.24) is 4.98 Å². The number of hydrogen-bond acceptors (Lipinski definition) is 3. The standard InChI is InChI=1S/C16H13NO2/c1-2-13-15(11-7-3-4-9-14(11)19-13)16(18)12-8-5-6-10-17-12/h3-10H,2H2,1H3. The van der Waals surface area contributed by atoms with Crippen LogP contribution in [0, 0.1) is 0 Å². The van der Waals surface area contributed by atoms with E-state index in [0.717, 1.165) is 16.7 Å². The average Bonchev–Trinajstić information content (AvgIpc) is 2.86. The van der Waals surface area contributed by atoms with E-state index < -0.39 is 0 Å². The fourth-order valence-corrected chi connectivity index (χ4v) is 2.22. The molecule has 3 rings (SSSR count). The number of hydrogen-bond donors (Lipinski definition) is 0. The van der Waals surface area contributed by atoms with Crippen molar-refractivity contribution in [2.75, 3.05) is 0 Å². The fraction of sp³-hybridized carbons (Fsp3) is 0.125. The maximum Gasteiger partial charge on any atom is 0.215 e. The Balaban J connectivity index is 2.21. The molecule has 0 aliphatic heterocycles. The maximum absolute atomic E-state index is 12.6. The summed E-state index contributed by atoms with van der Waals surface area (Å²) in [6, 6.07) is 12.9. The number of carbonyl (C=O) groups is 1. The van der Waals surface area contributed by atoms with E-state index in [4.69, 9.17) is 4.42 Å². The molecule has 0 saturated carbocycles. The maximum atomic E-state index is 12.6. The van der Waals surface area contributed by atoms with Crippen molar-refractivity contribution in [2.24, 2.45) is 0 Å². The van der Waals surface area contributed by atoms with Gasteiger partial charge < -0.3 is 4.42 Å². The molecule has 3 heteroatoms. The van der Waals surface area contributed by atoms with E-state index in [1.54, 1.807) is 18.3 Å². The van der Waals surface area contributed by atoms with Gasteiger partial charge in [0.15, 0.2) is 0 Å². The van der Waals surface area contributed by atoms with Gasteiger partial charge in [-0.15, -0.1) is 0 Å². The van der Waals surface area contributed by atoms with Crippen molar-refractivity contribution in [3.05, 3.63) is 65.7 Å². The van der Waals surface area contributed by atoms with E-state index >= 15 is 0 Å². The van der Waals surface area contributed by atoms with Crippen molar-refractivity contribution in [3.8, 4) is 0 Å². The van der Waals surface area contributed by atoms with Crippen LogP contribution in [0.3, 0.4) is 0 Å². The van der Waals surface area contributed by atoms with Crippen LogP contribution in [0.15, 0.2) is 53.1 Å². The number of benzene rings is 1. The lowest BCUT2D eigenvalue weighted by molar-refractivity contribution is 0.103. The van der Waals surface area contributed by atoms with Crippen molar-refractivity contribution < 1.29 is 9.21 Å². The van der Waals surface area contributed by atoms with Gasteiger partial charge >= 0.3 is 0 Å². The van der Waals surface area contributed by atoms with Crippen LogP contribution in [-0.4, -0.2) is 10.8 Å². The van der Waals surface area contributed by atoms with E-state index in [0.29, 0.717) is 17.7 Å². The number of aromatic nitrogens is 1. The van der Waals surface area contributed by atoms with Crippen LogP contribution in [0.2, 0.25) is 0 Å². The highest BCUT2D eigenvalue weighted by molar-refractivity contribution is 6.15. The number of aryl methyl sites for hydroxylation is 1. The van der Waals surface area contributed by atoms with Gasteiger partial charge in [0, 0.05) is 18.0 Å². The number of carbonyl (C=O) groups excluding carboxylic acids is 1. The van der Waals surface area contributed by atoms with Crippen LogP contribution in [0.4, 0.5) is 0 Å². The Hall–Kier alpha value is -2.42. The molecule has 0 radical (unpaired) electrons. The number of pyridine rings is 1. The summed E-state index contributed by atoms with van der Waals surface area (Å²) in [6.07, 6.45) is 2.31. The van der Waals surface area contributed by atoms with E-state index in [1.165, 1.54) is 0 Å². The lowest BCUT2D eigenvalue weighted by Gasteiger charge is -2.00. The summed E-state index contributed by atoms with van der Waals surface area (Å²) in [5, 5.41) is 0.856. The van der Waals surface area contributed by atoms with Gasteiger partial charge in [-0.2, -0.15) is 0 Å². The Bertz CT molecular complexity index is 729. The summed E-state index contributed by atoms with van der Waals surface area (Å²) in [5.74, 6) is 0.638. The molecule has 0 aliphatic rings. The molecule has 0 N–H and O–H groups in total. The third kappa shape index (κ3) is 1.93. The molecular formula is C16H13NO2. The highest BCUT2D eigenvalue weighted by Crippen LogP contribution is 2.28. The topological polar surface area (TPSA) is 43.1 Å². The van der Waals surface area contributed by atoms with E-state index in [1.807, 2.05) is 37.3 Å². The molecule has 0 saturated heterocycles. The first kappa shape index (κ1) is 11.7. The van der Waals surface area contributed by atoms with Gasteiger partial charge in [-0.25, -0.2) is 0 Å². The molecule has 0 bridgehead atoms. The van der Waals surface area contributed by atoms with Gasteiger partial charge in [-0.1, -0.05) is 31.2 Å². The smallest absolute Gasteiger partial charge is 0.215 e. The molecule has 0 fully saturated rings. The quantitative estimate of drug-likeness (QED) is 0.668. The molecule has 0 amide bonds. The monoisotopic (exact) mass is 251 g/mol. The van der Waals surface area contributed by atoms with Gasteiger partial charge in [-0.3, -0.25) is 9.78 Å². The van der Waals surface area contributed by atoms with Gasteiger partial charge in [0.05, 0.1) is 5.56 Å². The highest BCUT2D eigenvalue weighted by Gasteiger charge is 2.21. The number of furan rings is 1. The highest BCUT2D eigenvalue weighted by atomic mass is 16.3. The van der Waals surface area contributed by atoms with Crippen molar-refractivity contribution >= 4 is 16.8 Å². The van der Waals surface area contributed by atoms with Gasteiger partial charge in [0.2, 0.25) is 5.78 Å². The predicted molar refractivity (Wildman–Crippen MR) is 73.3 cm³/mol. The Morgan fingerprint density at radius 2 is 1.95 bits per heavy atom. The summed E-state index contributed by atoms with van der Waals surface area (Å²) in [7, 11) is 0. The normalized spacial score (nSPS) is 10.8. The van der Waals surface area contributed by atoms with Gasteiger partial charge in [0.25, 0.3) is 0 Å². The minimum Gasteiger partial charge on any atom is -0.460 e. The van der Waals surface area contributed by atoms with E-state index in [9.17, 15) is 4.79 Å². The minimum atomic E-state index is -0.0811. The van der Waals surface area contributed by atoms with Crippen LogP contribution >= 0.6 is 0 Å². The first-order chi connectivity index (χ1) is 9.31. The number of rotatable bonds is 3. The van der Waals surface area contributed by atoms with Crippen LogP contribution in [-0.2, 0) is 6.42 Å². The molecule has 0 aliphatic carbocycles. The molecule has 19 heavy (non-hydrogen) atoms. The van der Waals surface area contributed by atoms with Crippen molar-refractivity contribution in [2.45, 2.75) is 13.3 Å². The number of fused-ring (bicyclic) bond motifs is 1. The number of ketones is 1. The summed E-state index contributed by atoms with van der Waals surface area (Å²) in [5.41, 5.74) is 1.83. The van der Waals surface area contributed by atoms with Crippen LogP contribution < -0.4 is 0 Å². The third-order valence-corrected chi connectivity index (χ3v) is 3.11. The molecule has 3 aromatic rings. The second-order valence-electron chi connectivity index (χ2n) is 4.29. The third-order valence-electron chi connectivity index (χ3n) is 3.11. The molecule has 2 aromatic heterocycles. The summed E-state index contributed by atoms with van der Waals surface area (Å²) < 4.78 is 5.74. The van der Waals surface area contributed by atoms with Crippen LogP contribution in [0.5, 0.6) is 0 Å². The second-order valence-corrected chi connectivity index (χ2v) is 4.29. The first-order valence-corrected chi connectivity index (χ1v) is 6.27. The Kier molecular flexibility index (Phi) is 2.88. The van der Waals surface area contributed by atoms with E-state index in [2.05, 4.69) is 4.98 Å². The van der Waals surface area contributed by atoms with E-state index in [-0.39, 0.29) is 5.78 Å². The predicted octanol–water partition coefficient (Wildman–Crippen LogP) is 3.62. The Morgan fingerprint density at radius 3 is 2.68 bits per heavy atom. The summed E-state index contributed by atoms with van der Waals surface area (Å²) in [4.78, 5) is 16.7. The number of nitrogens with zero attached hydrogens (tertiary/aromatic N) is 1. The lowest BCUT2D eigenvalue weighted by atomic mass is 10.0. The average molecular weight is 251 g/mol. The second kappa shape index (κ2) is 4.69. The number of para-hydroxylation sites is 1. The Morgan fingerprint density at radius 1 is 1.16 bits per heavy atom. The molecule has 0 atom stereocenters. The largest absolute Gasteiger partial charge is 0.460 e. The zero-order valence-electron chi connectivity index (χ0n) is 10.6. The molecule has 1 aromatic carbocycles. The van der Waals surface area contributed by atoms with Crippen molar-refractivity contribution in [1.29, 1.82) is 0 Å². The van der Waals surface area contributed by atoms with Crippen molar-refractivity contribution in [3.63, 3.8) is 0 Å². The fourth-order valence-electron chi connectivity index (χ4n) is 2.22.